The Kier molecular flexibility index (Phi) is 6.64. The first-order chi connectivity index (χ1) is 13.0. The van der Waals surface area contributed by atoms with E-state index in [1.54, 1.807) is 0 Å². The quantitative estimate of drug-likeness (QED) is 0.729. The van der Waals surface area contributed by atoms with Crippen molar-refractivity contribution in [1.82, 2.24) is 10.2 Å². The van der Waals surface area contributed by atoms with Gasteiger partial charge in [-0.2, -0.15) is 0 Å². The van der Waals surface area contributed by atoms with E-state index in [1.165, 1.54) is 0 Å². The van der Waals surface area contributed by atoms with Crippen molar-refractivity contribution in [3.8, 4) is 0 Å². The lowest BCUT2D eigenvalue weighted by molar-refractivity contribution is -0.145. The first-order valence-electron chi connectivity index (χ1n) is 10.0. The van der Waals surface area contributed by atoms with Crippen molar-refractivity contribution in [1.29, 1.82) is 0 Å². The molecule has 6 heteroatoms. The van der Waals surface area contributed by atoms with Crippen molar-refractivity contribution in [3.63, 3.8) is 0 Å². The van der Waals surface area contributed by atoms with Gasteiger partial charge in [-0.3, -0.25) is 4.79 Å². The lowest BCUT2D eigenvalue weighted by atomic mass is 9.79. The van der Waals surface area contributed by atoms with E-state index in [9.17, 15) is 9.59 Å². The second-order valence-electron chi connectivity index (χ2n) is 7.66. The molecule has 0 unspecified atom stereocenters. The second kappa shape index (κ2) is 8.96. The third kappa shape index (κ3) is 4.95. The zero-order valence-corrected chi connectivity index (χ0v) is 16.8. The van der Waals surface area contributed by atoms with Crippen molar-refractivity contribution in [2.45, 2.75) is 69.9 Å². The number of ether oxygens (including phenoxy) is 1. The molecule has 1 aromatic rings. The first-order valence-corrected chi connectivity index (χ1v) is 10.4. The number of rotatable bonds is 5. The molecule has 2 aliphatic rings. The van der Waals surface area contributed by atoms with Crippen LogP contribution in [0.5, 0.6) is 0 Å². The van der Waals surface area contributed by atoms with Crippen LogP contribution in [-0.4, -0.2) is 35.6 Å². The van der Waals surface area contributed by atoms with Gasteiger partial charge in [-0.15, -0.1) is 0 Å². The SMILES string of the molecule is CCOC(=O)CC1(NC(=O)N2CCC[C@@H]2c2ccc(Cl)cc2)CCCCC1. The Morgan fingerprint density at radius 2 is 1.89 bits per heavy atom. The van der Waals surface area contributed by atoms with Crippen LogP contribution >= 0.6 is 11.6 Å². The molecule has 1 saturated heterocycles. The molecule has 1 saturated carbocycles. The zero-order chi connectivity index (χ0) is 19.3. The van der Waals surface area contributed by atoms with Crippen LogP contribution < -0.4 is 5.32 Å². The lowest BCUT2D eigenvalue weighted by Gasteiger charge is -2.39. The lowest BCUT2D eigenvalue weighted by Crippen LogP contribution is -2.55. The Hall–Kier alpha value is -1.75. The maximum Gasteiger partial charge on any atom is 0.318 e. The molecule has 27 heavy (non-hydrogen) atoms. The van der Waals surface area contributed by atoms with E-state index in [0.717, 1.165) is 57.1 Å². The summed E-state index contributed by atoms with van der Waals surface area (Å²) < 4.78 is 5.16. The Morgan fingerprint density at radius 3 is 2.56 bits per heavy atom. The number of nitrogens with zero attached hydrogens (tertiary/aromatic N) is 1. The maximum atomic E-state index is 13.1. The predicted molar refractivity (Wildman–Crippen MR) is 106 cm³/mol. The summed E-state index contributed by atoms with van der Waals surface area (Å²) in [6.07, 6.45) is 7.05. The summed E-state index contributed by atoms with van der Waals surface area (Å²) in [5.41, 5.74) is 0.629. The Labute approximate surface area is 166 Å². The van der Waals surface area contributed by atoms with Crippen LogP contribution in [0.15, 0.2) is 24.3 Å². The van der Waals surface area contributed by atoms with Gasteiger partial charge in [0.1, 0.15) is 0 Å². The van der Waals surface area contributed by atoms with Crippen LogP contribution in [0.1, 0.15) is 69.9 Å². The smallest absolute Gasteiger partial charge is 0.318 e. The number of esters is 1. The molecule has 1 aromatic carbocycles. The normalized spacial score (nSPS) is 21.7. The molecule has 1 aliphatic heterocycles. The highest BCUT2D eigenvalue weighted by molar-refractivity contribution is 6.30. The molecule has 148 valence electrons. The van der Waals surface area contributed by atoms with Gasteiger partial charge >= 0.3 is 12.0 Å². The third-order valence-corrected chi connectivity index (χ3v) is 5.99. The Balaban J connectivity index is 1.72. The molecule has 1 N–H and O–H groups in total. The van der Waals surface area contributed by atoms with Crippen molar-refractivity contribution in [2.24, 2.45) is 0 Å². The van der Waals surface area contributed by atoms with Gasteiger partial charge in [0.15, 0.2) is 0 Å². The fraction of sp³-hybridized carbons (Fsp3) is 0.619. The summed E-state index contributed by atoms with van der Waals surface area (Å²) in [5.74, 6) is -0.227. The maximum absolute atomic E-state index is 13.1. The monoisotopic (exact) mass is 392 g/mol. The van der Waals surface area contributed by atoms with Gasteiger partial charge in [0.05, 0.1) is 24.6 Å². The van der Waals surface area contributed by atoms with Crippen LogP contribution in [0, 0.1) is 0 Å². The summed E-state index contributed by atoms with van der Waals surface area (Å²) in [7, 11) is 0. The van der Waals surface area contributed by atoms with Gasteiger partial charge in [0.2, 0.25) is 0 Å². The minimum Gasteiger partial charge on any atom is -0.466 e. The topological polar surface area (TPSA) is 58.6 Å². The number of hydrogen-bond acceptors (Lipinski definition) is 3. The largest absolute Gasteiger partial charge is 0.466 e. The molecule has 1 aliphatic carbocycles. The van der Waals surface area contributed by atoms with E-state index >= 15 is 0 Å². The van der Waals surface area contributed by atoms with Crippen LogP contribution in [0.4, 0.5) is 4.79 Å². The highest BCUT2D eigenvalue weighted by Gasteiger charge is 2.39. The average molecular weight is 393 g/mol. The first kappa shape index (κ1) is 20.0. The highest BCUT2D eigenvalue weighted by Crippen LogP contribution is 2.35. The molecule has 5 nitrogen and oxygen atoms in total. The third-order valence-electron chi connectivity index (χ3n) is 5.74. The van der Waals surface area contributed by atoms with E-state index in [0.29, 0.717) is 11.6 Å². The van der Waals surface area contributed by atoms with Crippen LogP contribution in [-0.2, 0) is 9.53 Å². The molecule has 2 amide bonds. The number of urea groups is 1. The molecule has 1 heterocycles. The number of carbonyl (C=O) groups is 2. The predicted octanol–water partition coefficient (Wildman–Crippen LogP) is 4.84. The molecular formula is C21H29ClN2O3. The molecule has 3 rings (SSSR count). The molecule has 0 spiro atoms. The highest BCUT2D eigenvalue weighted by atomic mass is 35.5. The molecule has 1 atom stereocenters. The summed E-state index contributed by atoms with van der Waals surface area (Å²) in [6.45, 7) is 2.91. The van der Waals surface area contributed by atoms with Crippen molar-refractivity contribution in [2.75, 3.05) is 13.2 Å². The molecule has 0 bridgehead atoms. The molecular weight excluding hydrogens is 364 g/mol. The van der Waals surface area contributed by atoms with E-state index in [4.69, 9.17) is 16.3 Å². The summed E-state index contributed by atoms with van der Waals surface area (Å²) in [6, 6.07) is 7.72. The van der Waals surface area contributed by atoms with Gasteiger partial charge in [0.25, 0.3) is 0 Å². The second-order valence-corrected chi connectivity index (χ2v) is 8.09. The van der Waals surface area contributed by atoms with Crippen LogP contribution in [0.3, 0.4) is 0 Å². The van der Waals surface area contributed by atoms with E-state index in [2.05, 4.69) is 5.32 Å². The van der Waals surface area contributed by atoms with Crippen LogP contribution in [0.25, 0.3) is 0 Å². The number of nitrogens with one attached hydrogen (secondary N) is 1. The summed E-state index contributed by atoms with van der Waals surface area (Å²) >= 11 is 6.00. The standard InChI is InChI=1S/C21H29ClN2O3/c1-2-27-19(25)15-21(12-4-3-5-13-21)23-20(26)24-14-6-7-18(24)16-8-10-17(22)11-9-16/h8-11,18H,2-7,12-15H2,1H3,(H,23,26)/t18-/m1/s1. The molecule has 0 radical (unpaired) electrons. The summed E-state index contributed by atoms with van der Waals surface area (Å²) in [4.78, 5) is 27.2. The molecule has 2 fully saturated rings. The minimum absolute atomic E-state index is 0.0606. The van der Waals surface area contributed by atoms with Gasteiger partial charge in [-0.05, 0) is 50.3 Å². The fourth-order valence-corrected chi connectivity index (χ4v) is 4.53. The summed E-state index contributed by atoms with van der Waals surface area (Å²) in [5, 5.41) is 3.93. The number of hydrogen-bond donors (Lipinski definition) is 1. The fourth-order valence-electron chi connectivity index (χ4n) is 4.40. The zero-order valence-electron chi connectivity index (χ0n) is 16.0. The van der Waals surface area contributed by atoms with Crippen LogP contribution in [0.2, 0.25) is 5.02 Å². The number of benzene rings is 1. The van der Waals surface area contributed by atoms with Gasteiger partial charge in [0, 0.05) is 11.6 Å². The number of likely N-dealkylation sites (tertiary alicyclic amines) is 1. The van der Waals surface area contributed by atoms with Crippen molar-refractivity contribution in [3.05, 3.63) is 34.9 Å². The Morgan fingerprint density at radius 1 is 1.19 bits per heavy atom. The van der Waals surface area contributed by atoms with Gasteiger partial charge in [-0.1, -0.05) is 43.0 Å². The number of carbonyl (C=O) groups excluding carboxylic acids is 2. The van der Waals surface area contributed by atoms with Gasteiger partial charge < -0.3 is 15.0 Å². The van der Waals surface area contributed by atoms with Crippen molar-refractivity contribution < 1.29 is 14.3 Å². The minimum atomic E-state index is -0.477. The van der Waals surface area contributed by atoms with Crippen molar-refractivity contribution >= 4 is 23.6 Å². The van der Waals surface area contributed by atoms with E-state index < -0.39 is 5.54 Å². The average Bonchev–Trinajstić information content (AvgIpc) is 3.13. The Bertz CT molecular complexity index is 656. The van der Waals surface area contributed by atoms with E-state index in [-0.39, 0.29) is 24.5 Å². The number of amides is 2. The molecule has 0 aromatic heterocycles. The van der Waals surface area contributed by atoms with E-state index in [1.807, 2.05) is 36.1 Å². The van der Waals surface area contributed by atoms with Gasteiger partial charge in [-0.25, -0.2) is 4.79 Å². The number of halogens is 1.